The van der Waals surface area contributed by atoms with Gasteiger partial charge in [0.1, 0.15) is 0 Å². The largest absolute Gasteiger partial charge is 0.343 e. The Morgan fingerprint density at radius 3 is 2.65 bits per heavy atom. The van der Waals surface area contributed by atoms with E-state index in [9.17, 15) is 4.79 Å². The minimum atomic E-state index is -0.167. The summed E-state index contributed by atoms with van der Waals surface area (Å²) < 4.78 is 1.75. The molecule has 2 rings (SSSR count). The van der Waals surface area contributed by atoms with Crippen LogP contribution in [0.15, 0.2) is 18.3 Å². The van der Waals surface area contributed by atoms with Gasteiger partial charge < -0.3 is 10.2 Å². The van der Waals surface area contributed by atoms with Crippen LogP contribution in [-0.4, -0.2) is 44.9 Å². The molecule has 0 unspecified atom stereocenters. The maximum atomic E-state index is 11.7. The Bertz CT molecular complexity index is 602. The average molecular weight is 274 g/mol. The van der Waals surface area contributed by atoms with Crippen LogP contribution in [0, 0.1) is 0 Å². The van der Waals surface area contributed by atoms with Gasteiger partial charge in [-0.2, -0.15) is 5.10 Å². The Kier molecular flexibility index (Phi) is 3.97. The quantitative estimate of drug-likeness (QED) is 0.907. The first-order valence-electron chi connectivity index (χ1n) is 6.36. The van der Waals surface area contributed by atoms with E-state index in [1.807, 2.05) is 20.2 Å². The van der Waals surface area contributed by atoms with E-state index in [2.05, 4.69) is 20.6 Å². The van der Waals surface area contributed by atoms with Crippen molar-refractivity contribution in [3.05, 3.63) is 29.7 Å². The van der Waals surface area contributed by atoms with Gasteiger partial charge in [0.15, 0.2) is 11.5 Å². The number of anilines is 2. The zero-order valence-electron chi connectivity index (χ0n) is 12.1. The SMILES string of the molecule is CCc1nn(C)cc1Nc1ccc(C(=O)N(C)C)nn1. The molecule has 0 aliphatic carbocycles. The van der Waals surface area contributed by atoms with Crippen molar-refractivity contribution >= 4 is 17.4 Å². The summed E-state index contributed by atoms with van der Waals surface area (Å²) in [6.45, 7) is 2.04. The van der Waals surface area contributed by atoms with Gasteiger partial charge in [0, 0.05) is 27.3 Å². The summed E-state index contributed by atoms with van der Waals surface area (Å²) in [5.41, 5.74) is 2.18. The van der Waals surface area contributed by atoms with Crippen LogP contribution in [0.1, 0.15) is 23.1 Å². The fourth-order valence-corrected chi connectivity index (χ4v) is 1.78. The van der Waals surface area contributed by atoms with Crippen LogP contribution in [0.5, 0.6) is 0 Å². The van der Waals surface area contributed by atoms with E-state index in [1.165, 1.54) is 4.90 Å². The molecule has 1 N–H and O–H groups in total. The van der Waals surface area contributed by atoms with E-state index < -0.39 is 0 Å². The third-order valence-electron chi connectivity index (χ3n) is 2.79. The maximum Gasteiger partial charge on any atom is 0.273 e. The smallest absolute Gasteiger partial charge is 0.273 e. The van der Waals surface area contributed by atoms with Crippen molar-refractivity contribution in [2.24, 2.45) is 7.05 Å². The van der Waals surface area contributed by atoms with Crippen LogP contribution in [0.4, 0.5) is 11.5 Å². The first kappa shape index (κ1) is 14.0. The summed E-state index contributed by atoms with van der Waals surface area (Å²) in [6.07, 6.45) is 2.72. The number of aromatic nitrogens is 4. The van der Waals surface area contributed by atoms with Gasteiger partial charge in [-0.15, -0.1) is 10.2 Å². The molecule has 0 aliphatic heterocycles. The zero-order valence-corrected chi connectivity index (χ0v) is 12.1. The highest BCUT2D eigenvalue weighted by atomic mass is 16.2. The number of carbonyl (C=O) groups is 1. The molecule has 7 heteroatoms. The lowest BCUT2D eigenvalue weighted by Gasteiger charge is -2.09. The van der Waals surface area contributed by atoms with E-state index in [0.717, 1.165) is 17.8 Å². The molecule has 0 aliphatic rings. The van der Waals surface area contributed by atoms with Gasteiger partial charge >= 0.3 is 0 Å². The van der Waals surface area contributed by atoms with Crippen LogP contribution in [-0.2, 0) is 13.5 Å². The van der Waals surface area contributed by atoms with Crippen LogP contribution in [0.25, 0.3) is 0 Å². The summed E-state index contributed by atoms with van der Waals surface area (Å²) in [6, 6.07) is 3.38. The highest BCUT2D eigenvalue weighted by Crippen LogP contribution is 2.18. The average Bonchev–Trinajstić information content (AvgIpc) is 2.78. The molecular weight excluding hydrogens is 256 g/mol. The van der Waals surface area contributed by atoms with Crippen molar-refractivity contribution in [2.75, 3.05) is 19.4 Å². The minimum Gasteiger partial charge on any atom is -0.343 e. The van der Waals surface area contributed by atoms with E-state index >= 15 is 0 Å². The van der Waals surface area contributed by atoms with Gasteiger partial charge in [-0.05, 0) is 18.6 Å². The summed E-state index contributed by atoms with van der Waals surface area (Å²) in [4.78, 5) is 13.2. The standard InChI is InChI=1S/C13H18N6O/c1-5-9-11(8-19(4)17-9)14-12-7-6-10(15-16-12)13(20)18(2)3/h6-8H,5H2,1-4H3,(H,14,16). The van der Waals surface area contributed by atoms with Crippen molar-refractivity contribution < 1.29 is 4.79 Å². The molecule has 0 aromatic carbocycles. The Morgan fingerprint density at radius 2 is 2.10 bits per heavy atom. The Labute approximate surface area is 117 Å². The molecule has 0 atom stereocenters. The molecule has 0 radical (unpaired) electrons. The molecule has 0 fully saturated rings. The molecular formula is C13H18N6O. The number of nitrogens with zero attached hydrogens (tertiary/aromatic N) is 5. The second-order valence-corrected chi connectivity index (χ2v) is 4.65. The molecule has 0 saturated carbocycles. The fourth-order valence-electron chi connectivity index (χ4n) is 1.78. The van der Waals surface area contributed by atoms with Gasteiger partial charge in [-0.1, -0.05) is 6.92 Å². The number of hydrogen-bond acceptors (Lipinski definition) is 5. The van der Waals surface area contributed by atoms with Gasteiger partial charge in [-0.3, -0.25) is 9.48 Å². The van der Waals surface area contributed by atoms with E-state index in [-0.39, 0.29) is 5.91 Å². The number of rotatable bonds is 4. The zero-order chi connectivity index (χ0) is 14.7. The summed E-state index contributed by atoms with van der Waals surface area (Å²) in [7, 11) is 5.23. The summed E-state index contributed by atoms with van der Waals surface area (Å²) in [5, 5.41) is 15.4. The second-order valence-electron chi connectivity index (χ2n) is 4.65. The molecule has 2 aromatic heterocycles. The van der Waals surface area contributed by atoms with E-state index in [1.54, 1.807) is 30.9 Å². The Balaban J connectivity index is 2.16. The molecule has 0 saturated heterocycles. The highest BCUT2D eigenvalue weighted by molar-refractivity contribution is 5.91. The van der Waals surface area contributed by atoms with Crippen molar-refractivity contribution in [2.45, 2.75) is 13.3 Å². The predicted octanol–water partition coefficient (Wildman–Crippen LogP) is 1.22. The van der Waals surface area contributed by atoms with Crippen LogP contribution in [0.3, 0.4) is 0 Å². The van der Waals surface area contributed by atoms with Gasteiger partial charge in [0.2, 0.25) is 0 Å². The molecule has 7 nitrogen and oxygen atoms in total. The Morgan fingerprint density at radius 1 is 1.35 bits per heavy atom. The van der Waals surface area contributed by atoms with E-state index in [4.69, 9.17) is 0 Å². The van der Waals surface area contributed by atoms with Gasteiger partial charge in [0.05, 0.1) is 11.4 Å². The normalized spacial score (nSPS) is 10.4. The molecule has 2 heterocycles. The van der Waals surface area contributed by atoms with Gasteiger partial charge in [0.25, 0.3) is 5.91 Å². The fraction of sp³-hybridized carbons (Fsp3) is 0.385. The maximum absolute atomic E-state index is 11.7. The first-order chi connectivity index (χ1) is 9.51. The van der Waals surface area contributed by atoms with Crippen molar-refractivity contribution in [3.8, 4) is 0 Å². The molecule has 0 bridgehead atoms. The molecule has 0 spiro atoms. The molecule has 106 valence electrons. The lowest BCUT2D eigenvalue weighted by molar-refractivity contribution is 0.0821. The second kappa shape index (κ2) is 5.68. The summed E-state index contributed by atoms with van der Waals surface area (Å²) >= 11 is 0. The minimum absolute atomic E-state index is 0.167. The monoisotopic (exact) mass is 274 g/mol. The van der Waals surface area contributed by atoms with Crippen molar-refractivity contribution in [1.29, 1.82) is 0 Å². The molecule has 2 aromatic rings. The van der Waals surface area contributed by atoms with Crippen LogP contribution < -0.4 is 5.32 Å². The van der Waals surface area contributed by atoms with Crippen molar-refractivity contribution in [3.63, 3.8) is 0 Å². The number of nitrogens with one attached hydrogen (secondary N) is 1. The predicted molar refractivity (Wildman–Crippen MR) is 75.9 cm³/mol. The third kappa shape index (κ3) is 2.93. The van der Waals surface area contributed by atoms with E-state index in [0.29, 0.717) is 11.5 Å². The molecule has 20 heavy (non-hydrogen) atoms. The number of aryl methyl sites for hydroxylation is 2. The van der Waals surface area contributed by atoms with Crippen molar-refractivity contribution in [1.82, 2.24) is 24.9 Å². The number of hydrogen-bond donors (Lipinski definition) is 1. The number of amides is 1. The number of carbonyl (C=O) groups excluding carboxylic acids is 1. The lowest BCUT2D eigenvalue weighted by Crippen LogP contribution is -2.23. The summed E-state index contributed by atoms with van der Waals surface area (Å²) in [5.74, 6) is 0.419. The lowest BCUT2D eigenvalue weighted by atomic mass is 10.3. The van der Waals surface area contributed by atoms with Crippen LogP contribution >= 0.6 is 0 Å². The molecule has 1 amide bonds. The Hall–Kier alpha value is -2.44. The highest BCUT2D eigenvalue weighted by Gasteiger charge is 2.11. The third-order valence-corrected chi connectivity index (χ3v) is 2.79. The van der Waals surface area contributed by atoms with Gasteiger partial charge in [-0.25, -0.2) is 0 Å². The van der Waals surface area contributed by atoms with Crippen LogP contribution in [0.2, 0.25) is 0 Å². The first-order valence-corrected chi connectivity index (χ1v) is 6.36. The topological polar surface area (TPSA) is 75.9 Å².